The molecule has 2 heterocycles. The molecule has 0 bridgehead atoms. The lowest BCUT2D eigenvalue weighted by Crippen LogP contribution is -2.39. The van der Waals surface area contributed by atoms with E-state index in [9.17, 15) is 14.0 Å². The number of carbonyl (C=O) groups is 2. The van der Waals surface area contributed by atoms with Crippen LogP contribution in [0.15, 0.2) is 18.5 Å². The lowest BCUT2D eigenvalue weighted by atomic mass is 10.0. The highest BCUT2D eigenvalue weighted by Crippen LogP contribution is 2.39. The summed E-state index contributed by atoms with van der Waals surface area (Å²) in [5.74, 6) is -0.305. The first-order chi connectivity index (χ1) is 17.2. The number of amides is 2. The highest BCUT2D eigenvalue weighted by molar-refractivity contribution is 6.09. The summed E-state index contributed by atoms with van der Waals surface area (Å²) < 4.78 is 36.0. The molecule has 0 spiro atoms. The number of H-pyrrole nitrogens is 1. The fourth-order valence-corrected chi connectivity index (χ4v) is 4.87. The number of ether oxygens (including phenoxy) is 1. The number of aromatic amines is 1. The zero-order valence-corrected chi connectivity index (χ0v) is 20.5. The van der Waals surface area contributed by atoms with Crippen LogP contribution >= 0.6 is 0 Å². The van der Waals surface area contributed by atoms with Crippen molar-refractivity contribution in [1.29, 1.82) is 0 Å². The average Bonchev–Trinajstić information content (AvgIpc) is 3.50. The number of aryl methyl sites for hydroxylation is 2. The van der Waals surface area contributed by atoms with E-state index < -0.39 is 23.9 Å². The maximum absolute atomic E-state index is 15.4. The molecule has 2 aliphatic rings. The van der Waals surface area contributed by atoms with Gasteiger partial charge in [0, 0.05) is 25.1 Å². The van der Waals surface area contributed by atoms with Crippen LogP contribution in [-0.2, 0) is 4.79 Å². The molecule has 0 aliphatic heterocycles. The van der Waals surface area contributed by atoms with Gasteiger partial charge in [0.25, 0.3) is 5.91 Å². The van der Waals surface area contributed by atoms with E-state index >= 15 is 4.39 Å². The van der Waals surface area contributed by atoms with Crippen LogP contribution in [-0.4, -0.2) is 51.6 Å². The number of halogens is 2. The van der Waals surface area contributed by atoms with E-state index in [0.717, 1.165) is 12.8 Å². The summed E-state index contributed by atoms with van der Waals surface area (Å²) in [5.41, 5.74) is 2.43. The summed E-state index contributed by atoms with van der Waals surface area (Å²) in [4.78, 5) is 36.4. The van der Waals surface area contributed by atoms with Crippen LogP contribution in [0.25, 0.3) is 22.3 Å². The minimum atomic E-state index is -1.28. The number of fused-ring (bicyclic) bond motifs is 1. The fourth-order valence-electron chi connectivity index (χ4n) is 4.87. The Bertz CT molecular complexity index is 1340. The smallest absolute Gasteiger partial charge is 0.255 e. The summed E-state index contributed by atoms with van der Waals surface area (Å²) in [5, 5.41) is 5.46. The quantitative estimate of drug-likeness (QED) is 0.459. The van der Waals surface area contributed by atoms with Crippen LogP contribution in [0.1, 0.15) is 54.2 Å². The van der Waals surface area contributed by atoms with E-state index in [2.05, 4.69) is 25.6 Å². The van der Waals surface area contributed by atoms with Crippen molar-refractivity contribution in [2.45, 2.75) is 64.7 Å². The third kappa shape index (κ3) is 4.64. The van der Waals surface area contributed by atoms with Crippen molar-refractivity contribution in [3.05, 3.63) is 41.1 Å². The van der Waals surface area contributed by atoms with Crippen molar-refractivity contribution in [2.24, 2.45) is 5.92 Å². The molecule has 0 radical (unpaired) electrons. The minimum Gasteiger partial charge on any atom is -0.492 e. The van der Waals surface area contributed by atoms with E-state index in [0.29, 0.717) is 52.7 Å². The van der Waals surface area contributed by atoms with Crippen molar-refractivity contribution in [3.8, 4) is 17.0 Å². The third-order valence-electron chi connectivity index (χ3n) is 6.91. The first-order valence-electron chi connectivity index (χ1n) is 12.2. The van der Waals surface area contributed by atoms with Crippen molar-refractivity contribution < 1.29 is 23.1 Å². The van der Waals surface area contributed by atoms with E-state index in [1.165, 1.54) is 13.3 Å². The number of aromatic nitrogens is 3. The second kappa shape index (κ2) is 9.48. The number of rotatable bonds is 7. The van der Waals surface area contributed by atoms with Gasteiger partial charge in [0.2, 0.25) is 5.91 Å². The van der Waals surface area contributed by atoms with Gasteiger partial charge in [-0.15, -0.1) is 0 Å². The number of benzene rings is 1. The zero-order chi connectivity index (χ0) is 25.6. The molecule has 2 saturated carbocycles. The summed E-state index contributed by atoms with van der Waals surface area (Å²) in [6.45, 7) is 5.26. The Morgan fingerprint density at radius 2 is 1.94 bits per heavy atom. The van der Waals surface area contributed by atoms with Gasteiger partial charge in [-0.3, -0.25) is 9.59 Å². The number of hydrogen-bond donors (Lipinski definition) is 3. The zero-order valence-electron chi connectivity index (χ0n) is 20.5. The predicted octanol–water partition coefficient (Wildman–Crippen LogP) is 3.90. The van der Waals surface area contributed by atoms with Gasteiger partial charge in [-0.25, -0.2) is 18.7 Å². The molecule has 2 aromatic heterocycles. The number of carbonyl (C=O) groups excluding carboxylic acids is 2. The number of nitrogens with one attached hydrogen (secondary N) is 3. The van der Waals surface area contributed by atoms with Gasteiger partial charge in [-0.1, -0.05) is 6.07 Å². The van der Waals surface area contributed by atoms with Crippen LogP contribution in [0.2, 0.25) is 0 Å². The monoisotopic (exact) mass is 497 g/mol. The maximum atomic E-state index is 15.4. The molecule has 190 valence electrons. The van der Waals surface area contributed by atoms with Crippen molar-refractivity contribution in [3.63, 3.8) is 0 Å². The molecule has 2 aliphatic carbocycles. The molecule has 5 rings (SSSR count). The highest BCUT2D eigenvalue weighted by Gasteiger charge is 2.37. The fraction of sp³-hybridized carbons (Fsp3) is 0.462. The lowest BCUT2D eigenvalue weighted by Gasteiger charge is -2.15. The highest BCUT2D eigenvalue weighted by atomic mass is 19.1. The van der Waals surface area contributed by atoms with Gasteiger partial charge in [0.1, 0.15) is 35.3 Å². The molecule has 1 aromatic carbocycles. The number of alkyl halides is 1. The Balaban J connectivity index is 1.48. The molecule has 2 amide bonds. The summed E-state index contributed by atoms with van der Waals surface area (Å²) in [7, 11) is 0. The Hall–Kier alpha value is -3.56. The van der Waals surface area contributed by atoms with Crippen LogP contribution < -0.4 is 15.4 Å². The van der Waals surface area contributed by atoms with Crippen molar-refractivity contribution in [2.75, 3.05) is 6.61 Å². The van der Waals surface area contributed by atoms with Crippen LogP contribution in [0.5, 0.6) is 5.75 Å². The Morgan fingerprint density at radius 1 is 1.17 bits per heavy atom. The Morgan fingerprint density at radius 3 is 2.67 bits per heavy atom. The topological polar surface area (TPSA) is 109 Å². The first-order valence-corrected chi connectivity index (χ1v) is 12.2. The van der Waals surface area contributed by atoms with E-state index in [4.69, 9.17) is 4.74 Å². The van der Waals surface area contributed by atoms with Gasteiger partial charge < -0.3 is 20.4 Å². The second-order valence-electron chi connectivity index (χ2n) is 9.86. The maximum Gasteiger partial charge on any atom is 0.255 e. The molecule has 8 nitrogen and oxygen atoms in total. The third-order valence-corrected chi connectivity index (χ3v) is 6.91. The van der Waals surface area contributed by atoms with Gasteiger partial charge in [0.05, 0.1) is 29.3 Å². The van der Waals surface area contributed by atoms with Gasteiger partial charge in [0.15, 0.2) is 0 Å². The SMILES string of the molecule is CC(=O)N[C@@H]1C[C@@H](F)[C@H](NC(=O)c2c(C)[nH]c3c(-c4c(OCC5CC5)ccc(C)c4F)ncnc23)C1. The van der Waals surface area contributed by atoms with Crippen molar-refractivity contribution in [1.82, 2.24) is 25.6 Å². The van der Waals surface area contributed by atoms with Crippen LogP contribution in [0.3, 0.4) is 0 Å². The Kier molecular flexibility index (Phi) is 6.36. The van der Waals surface area contributed by atoms with Crippen molar-refractivity contribution >= 4 is 22.8 Å². The van der Waals surface area contributed by atoms with E-state index in [1.807, 2.05) is 0 Å². The largest absolute Gasteiger partial charge is 0.492 e. The molecular weight excluding hydrogens is 468 g/mol. The molecule has 3 atom stereocenters. The summed E-state index contributed by atoms with van der Waals surface area (Å²) in [6, 6.07) is 2.33. The standard InChI is InChI=1S/C26H29F2N5O3/c1-12-4-7-19(36-10-15-5-6-15)21(22(12)28)24-25-23(29-11-30-24)20(13(2)31-25)26(35)33-18-9-16(8-17(18)27)32-14(3)34/h4,7,11,15-18,31H,5-6,8-10H2,1-3H3,(H,32,34)(H,33,35)/t16-,17-,18-/m1/s1. The summed E-state index contributed by atoms with van der Waals surface area (Å²) in [6.07, 6.45) is 2.64. The molecule has 3 aromatic rings. The van der Waals surface area contributed by atoms with E-state index in [-0.39, 0.29) is 29.5 Å². The molecule has 36 heavy (non-hydrogen) atoms. The molecule has 3 N–H and O–H groups in total. The van der Waals surface area contributed by atoms with Gasteiger partial charge >= 0.3 is 0 Å². The van der Waals surface area contributed by atoms with Gasteiger partial charge in [-0.2, -0.15) is 0 Å². The molecule has 0 unspecified atom stereocenters. The summed E-state index contributed by atoms with van der Waals surface area (Å²) >= 11 is 0. The molecule has 0 saturated heterocycles. The normalized spacial score (nSPS) is 21.5. The number of nitrogens with zero attached hydrogens (tertiary/aromatic N) is 2. The van der Waals surface area contributed by atoms with E-state index in [1.54, 1.807) is 26.0 Å². The minimum absolute atomic E-state index is 0.139. The van der Waals surface area contributed by atoms with Gasteiger partial charge in [-0.05, 0) is 50.7 Å². The number of hydrogen-bond acceptors (Lipinski definition) is 5. The second-order valence-corrected chi connectivity index (χ2v) is 9.86. The predicted molar refractivity (Wildman–Crippen MR) is 130 cm³/mol. The van der Waals surface area contributed by atoms with Crippen LogP contribution in [0, 0.1) is 25.6 Å². The first kappa shape index (κ1) is 24.1. The Labute approximate surface area is 207 Å². The molecule has 10 heteroatoms. The lowest BCUT2D eigenvalue weighted by molar-refractivity contribution is -0.119. The molecule has 2 fully saturated rings. The van der Waals surface area contributed by atoms with Crippen LogP contribution in [0.4, 0.5) is 8.78 Å². The molecular formula is C26H29F2N5O3. The average molecular weight is 498 g/mol.